The number of hydrogen-bond acceptors (Lipinski definition) is 2. The van der Waals surface area contributed by atoms with Gasteiger partial charge in [0.15, 0.2) is 0 Å². The number of carbonyl (C=O) groups excluding carboxylic acids is 1. The van der Waals surface area contributed by atoms with E-state index in [2.05, 4.69) is 44.0 Å². The predicted octanol–water partition coefficient (Wildman–Crippen LogP) is 4.59. The molecule has 0 aliphatic rings. The fraction of sp³-hybridized carbons (Fsp3) is 0.214. The quantitative estimate of drug-likeness (QED) is 0.732. The summed E-state index contributed by atoms with van der Waals surface area (Å²) in [7, 11) is 1.84. The monoisotopic (exact) mass is 401 g/mol. The topological polar surface area (TPSA) is 20.3 Å². The highest BCUT2D eigenvalue weighted by molar-refractivity contribution is 9.13. The van der Waals surface area contributed by atoms with Crippen molar-refractivity contribution in [2.45, 2.75) is 6.42 Å². The third-order valence-corrected chi connectivity index (χ3v) is 6.03. The highest BCUT2D eigenvalue weighted by atomic mass is 79.9. The van der Waals surface area contributed by atoms with Crippen molar-refractivity contribution in [1.29, 1.82) is 0 Å². The first-order valence-electron chi connectivity index (χ1n) is 5.82. The SMILES string of the molecule is CN(CCc1ccccc1)C(=O)c1cc(Br)c(Br)s1. The van der Waals surface area contributed by atoms with Gasteiger partial charge in [-0.1, -0.05) is 30.3 Å². The third-order valence-electron chi connectivity index (χ3n) is 2.78. The smallest absolute Gasteiger partial charge is 0.263 e. The van der Waals surface area contributed by atoms with Crippen molar-refractivity contribution in [2.24, 2.45) is 0 Å². The highest BCUT2D eigenvalue weighted by Gasteiger charge is 2.15. The van der Waals surface area contributed by atoms with Gasteiger partial charge < -0.3 is 4.90 Å². The van der Waals surface area contributed by atoms with Crippen LogP contribution in [0.4, 0.5) is 0 Å². The second-order valence-electron chi connectivity index (χ2n) is 4.19. The maximum absolute atomic E-state index is 12.2. The Labute approximate surface area is 133 Å². The summed E-state index contributed by atoms with van der Waals surface area (Å²) in [5.41, 5.74) is 1.25. The molecule has 0 saturated carbocycles. The molecule has 1 amide bonds. The van der Waals surface area contributed by atoms with Gasteiger partial charge in [-0.05, 0) is 49.9 Å². The molecule has 0 atom stereocenters. The Morgan fingerprint density at radius 2 is 1.95 bits per heavy atom. The largest absolute Gasteiger partial charge is 0.341 e. The van der Waals surface area contributed by atoms with E-state index in [4.69, 9.17) is 0 Å². The molecule has 0 unspecified atom stereocenters. The second kappa shape index (κ2) is 6.68. The maximum Gasteiger partial charge on any atom is 0.263 e. The van der Waals surface area contributed by atoms with Crippen LogP contribution in [0.1, 0.15) is 15.2 Å². The lowest BCUT2D eigenvalue weighted by Gasteiger charge is -2.16. The minimum atomic E-state index is 0.0623. The second-order valence-corrected chi connectivity index (χ2v) is 7.42. The van der Waals surface area contributed by atoms with Crippen LogP contribution < -0.4 is 0 Å². The highest BCUT2D eigenvalue weighted by Crippen LogP contribution is 2.32. The molecule has 0 fully saturated rings. The third kappa shape index (κ3) is 3.91. The van der Waals surface area contributed by atoms with E-state index in [-0.39, 0.29) is 5.91 Å². The van der Waals surface area contributed by atoms with Gasteiger partial charge >= 0.3 is 0 Å². The Balaban J connectivity index is 1.96. The van der Waals surface area contributed by atoms with E-state index in [1.54, 1.807) is 4.90 Å². The molecule has 0 N–H and O–H groups in total. The van der Waals surface area contributed by atoms with Crippen LogP contribution >= 0.6 is 43.2 Å². The first-order chi connectivity index (χ1) is 9.08. The van der Waals surface area contributed by atoms with Gasteiger partial charge in [-0.2, -0.15) is 0 Å². The molecule has 0 spiro atoms. The van der Waals surface area contributed by atoms with Crippen molar-refractivity contribution in [3.8, 4) is 0 Å². The number of thiophene rings is 1. The molecule has 1 aromatic heterocycles. The molecule has 1 heterocycles. The molecule has 100 valence electrons. The Bertz CT molecular complexity index is 549. The van der Waals surface area contributed by atoms with Crippen LogP contribution in [0.15, 0.2) is 44.7 Å². The number of hydrogen-bond donors (Lipinski definition) is 0. The van der Waals surface area contributed by atoms with Crippen LogP contribution in [0.5, 0.6) is 0 Å². The van der Waals surface area contributed by atoms with Crippen LogP contribution in [0.3, 0.4) is 0 Å². The zero-order valence-corrected chi connectivity index (χ0v) is 14.4. The molecule has 2 aromatic rings. The molecule has 0 radical (unpaired) electrons. The number of likely N-dealkylation sites (N-methyl/N-ethyl adjacent to an activating group) is 1. The number of halogens is 2. The van der Waals surface area contributed by atoms with Crippen molar-refractivity contribution < 1.29 is 4.79 Å². The van der Waals surface area contributed by atoms with Crippen LogP contribution in [0.25, 0.3) is 0 Å². The molecule has 2 nitrogen and oxygen atoms in total. The van der Waals surface area contributed by atoms with E-state index in [1.807, 2.05) is 31.3 Å². The number of benzene rings is 1. The summed E-state index contributed by atoms with van der Waals surface area (Å²) in [6.07, 6.45) is 0.872. The van der Waals surface area contributed by atoms with Crippen LogP contribution in [-0.2, 0) is 6.42 Å². The van der Waals surface area contributed by atoms with Gasteiger partial charge in [-0.25, -0.2) is 0 Å². The lowest BCUT2D eigenvalue weighted by Crippen LogP contribution is -2.28. The Kier molecular flexibility index (Phi) is 5.19. The number of nitrogens with zero attached hydrogens (tertiary/aromatic N) is 1. The Morgan fingerprint density at radius 3 is 2.53 bits per heavy atom. The summed E-state index contributed by atoms with van der Waals surface area (Å²) in [6, 6.07) is 12.1. The Hall–Kier alpha value is -0.650. The summed E-state index contributed by atoms with van der Waals surface area (Å²) in [6.45, 7) is 0.718. The number of carbonyl (C=O) groups is 1. The minimum absolute atomic E-state index is 0.0623. The average molecular weight is 403 g/mol. The zero-order valence-electron chi connectivity index (χ0n) is 10.4. The molecule has 0 aliphatic heterocycles. The van der Waals surface area contributed by atoms with Gasteiger partial charge in [0.2, 0.25) is 0 Å². The van der Waals surface area contributed by atoms with Gasteiger partial charge in [0.25, 0.3) is 5.91 Å². The summed E-state index contributed by atoms with van der Waals surface area (Å²) < 4.78 is 1.88. The number of rotatable bonds is 4. The normalized spacial score (nSPS) is 10.5. The summed E-state index contributed by atoms with van der Waals surface area (Å²) in [5.74, 6) is 0.0623. The molecule has 0 saturated heterocycles. The first-order valence-corrected chi connectivity index (χ1v) is 8.22. The molecule has 19 heavy (non-hydrogen) atoms. The van der Waals surface area contributed by atoms with Gasteiger partial charge in [-0.3, -0.25) is 4.79 Å². The van der Waals surface area contributed by atoms with E-state index >= 15 is 0 Å². The molecule has 5 heteroatoms. The van der Waals surface area contributed by atoms with Crippen molar-refractivity contribution in [1.82, 2.24) is 4.90 Å². The lowest BCUT2D eigenvalue weighted by molar-refractivity contribution is 0.0801. The van der Waals surface area contributed by atoms with Gasteiger partial charge in [0.05, 0.1) is 8.66 Å². The summed E-state index contributed by atoms with van der Waals surface area (Å²) in [5, 5.41) is 0. The predicted molar refractivity (Wildman–Crippen MR) is 86.8 cm³/mol. The zero-order chi connectivity index (χ0) is 13.8. The van der Waals surface area contributed by atoms with Crippen LogP contribution in [0, 0.1) is 0 Å². The molecule has 0 bridgehead atoms. The maximum atomic E-state index is 12.2. The summed E-state index contributed by atoms with van der Waals surface area (Å²) >= 11 is 8.26. The van der Waals surface area contributed by atoms with Crippen molar-refractivity contribution >= 4 is 49.1 Å². The van der Waals surface area contributed by atoms with Crippen molar-refractivity contribution in [2.75, 3.05) is 13.6 Å². The molecule has 2 rings (SSSR count). The van der Waals surface area contributed by atoms with E-state index in [1.165, 1.54) is 16.9 Å². The van der Waals surface area contributed by atoms with E-state index < -0.39 is 0 Å². The van der Waals surface area contributed by atoms with E-state index in [9.17, 15) is 4.79 Å². The molecule has 0 aliphatic carbocycles. The summed E-state index contributed by atoms with van der Waals surface area (Å²) in [4.78, 5) is 14.7. The fourth-order valence-electron chi connectivity index (χ4n) is 1.68. The number of amides is 1. The molecule has 1 aromatic carbocycles. The average Bonchev–Trinajstić information content (AvgIpc) is 2.76. The lowest BCUT2D eigenvalue weighted by atomic mass is 10.1. The molecular formula is C14H13Br2NOS. The van der Waals surface area contributed by atoms with Crippen LogP contribution in [-0.4, -0.2) is 24.4 Å². The standard InChI is InChI=1S/C14H13Br2NOS/c1-17(8-7-10-5-3-2-4-6-10)14(18)12-9-11(15)13(16)19-12/h2-6,9H,7-8H2,1H3. The van der Waals surface area contributed by atoms with Crippen molar-refractivity contribution in [3.63, 3.8) is 0 Å². The van der Waals surface area contributed by atoms with Gasteiger partial charge in [0.1, 0.15) is 0 Å². The van der Waals surface area contributed by atoms with Gasteiger partial charge in [-0.15, -0.1) is 11.3 Å². The van der Waals surface area contributed by atoms with Crippen molar-refractivity contribution in [3.05, 3.63) is 55.1 Å². The first kappa shape index (κ1) is 14.8. The Morgan fingerprint density at radius 1 is 1.26 bits per heavy atom. The van der Waals surface area contributed by atoms with E-state index in [0.29, 0.717) is 0 Å². The van der Waals surface area contributed by atoms with Gasteiger partial charge in [0, 0.05) is 18.1 Å². The molecular weight excluding hydrogens is 390 g/mol. The van der Waals surface area contributed by atoms with Crippen LogP contribution in [0.2, 0.25) is 0 Å². The fourth-order valence-corrected chi connectivity index (χ4v) is 3.71. The minimum Gasteiger partial charge on any atom is -0.341 e. The van der Waals surface area contributed by atoms with E-state index in [0.717, 1.165) is 26.1 Å².